The monoisotopic (exact) mass is 291 g/mol. The fourth-order valence-corrected chi connectivity index (χ4v) is 2.22. The van der Waals surface area contributed by atoms with E-state index in [2.05, 4.69) is 19.9 Å². The summed E-state index contributed by atoms with van der Waals surface area (Å²) in [6.45, 7) is 2.43. The largest absolute Gasteiger partial charge is 0.479 e. The van der Waals surface area contributed by atoms with E-state index in [1.807, 2.05) is 6.92 Å². The van der Waals surface area contributed by atoms with Crippen LogP contribution >= 0.6 is 12.2 Å². The van der Waals surface area contributed by atoms with Crippen LogP contribution in [-0.4, -0.2) is 31.6 Å². The molecule has 3 rings (SSSR count). The lowest BCUT2D eigenvalue weighted by atomic mass is 10.4. The van der Waals surface area contributed by atoms with Crippen LogP contribution in [0.5, 0.6) is 5.88 Å². The van der Waals surface area contributed by atoms with Gasteiger partial charge in [-0.25, -0.2) is 9.97 Å². The maximum Gasteiger partial charge on any atom is 0.242 e. The van der Waals surface area contributed by atoms with Gasteiger partial charge in [-0.05, 0) is 12.2 Å². The van der Waals surface area contributed by atoms with Crippen molar-refractivity contribution in [2.24, 2.45) is 0 Å². The molecule has 0 saturated heterocycles. The molecule has 0 aromatic carbocycles. The van der Waals surface area contributed by atoms with Gasteiger partial charge in [-0.15, -0.1) is 0 Å². The van der Waals surface area contributed by atoms with Gasteiger partial charge in [0.15, 0.2) is 10.4 Å². The first-order valence-corrected chi connectivity index (χ1v) is 6.54. The third-order valence-electron chi connectivity index (χ3n) is 2.96. The van der Waals surface area contributed by atoms with Gasteiger partial charge in [0.25, 0.3) is 0 Å². The number of nitrogens with one attached hydrogen (secondary N) is 1. The molecule has 0 saturated carbocycles. The molecule has 0 amide bonds. The van der Waals surface area contributed by atoms with Gasteiger partial charge in [0.1, 0.15) is 24.1 Å². The Kier molecular flexibility index (Phi) is 3.23. The molecule has 0 unspecified atom stereocenters. The minimum Gasteiger partial charge on any atom is -0.479 e. The van der Waals surface area contributed by atoms with Gasteiger partial charge in [0, 0.05) is 6.42 Å². The van der Waals surface area contributed by atoms with Crippen LogP contribution in [0.3, 0.4) is 0 Å². The first-order valence-electron chi connectivity index (χ1n) is 6.14. The van der Waals surface area contributed by atoms with Gasteiger partial charge >= 0.3 is 0 Å². The number of rotatable bonds is 4. The molecule has 0 bridgehead atoms. The lowest BCUT2D eigenvalue weighted by Gasteiger charge is -2.01. The molecule has 104 valence electrons. The van der Waals surface area contributed by atoms with E-state index >= 15 is 0 Å². The van der Waals surface area contributed by atoms with Crippen LogP contribution in [0.25, 0.3) is 11.2 Å². The van der Waals surface area contributed by atoms with Crippen molar-refractivity contribution in [3.63, 3.8) is 0 Å². The smallest absolute Gasteiger partial charge is 0.242 e. The molecule has 8 heteroatoms. The van der Waals surface area contributed by atoms with Crippen LogP contribution in [0.1, 0.15) is 18.6 Å². The van der Waals surface area contributed by atoms with E-state index in [1.165, 1.54) is 6.33 Å². The molecule has 3 aromatic heterocycles. The Morgan fingerprint density at radius 3 is 2.95 bits per heavy atom. The number of hydrogen-bond donors (Lipinski definition) is 1. The Morgan fingerprint density at radius 1 is 1.40 bits per heavy atom. The number of aromatic amines is 1. The van der Waals surface area contributed by atoms with Gasteiger partial charge in [0.05, 0.1) is 13.3 Å². The second-order valence-electron chi connectivity index (χ2n) is 4.17. The number of ether oxygens (including phenoxy) is 1. The maximum atomic E-state index is 5.60. The van der Waals surface area contributed by atoms with Gasteiger partial charge in [-0.2, -0.15) is 4.98 Å². The first-order chi connectivity index (χ1) is 9.72. The van der Waals surface area contributed by atoms with E-state index in [-0.39, 0.29) is 0 Å². The zero-order valence-corrected chi connectivity index (χ0v) is 11.9. The Labute approximate surface area is 119 Å². The highest BCUT2D eigenvalue weighted by Crippen LogP contribution is 2.20. The first kappa shape index (κ1) is 12.8. The van der Waals surface area contributed by atoms with Gasteiger partial charge in [-0.1, -0.05) is 6.92 Å². The molecule has 0 aliphatic carbocycles. The summed E-state index contributed by atoms with van der Waals surface area (Å²) in [7, 11) is 1.55. The maximum absolute atomic E-state index is 5.60. The van der Waals surface area contributed by atoms with Crippen molar-refractivity contribution < 1.29 is 9.15 Å². The van der Waals surface area contributed by atoms with Crippen molar-refractivity contribution in [1.29, 1.82) is 0 Å². The summed E-state index contributed by atoms with van der Waals surface area (Å²) in [6.07, 6.45) is 3.97. The molecule has 20 heavy (non-hydrogen) atoms. The highest BCUT2D eigenvalue weighted by Gasteiger charge is 2.13. The van der Waals surface area contributed by atoms with Gasteiger partial charge in [-0.3, -0.25) is 4.57 Å². The lowest BCUT2D eigenvalue weighted by Crippen LogP contribution is -2.01. The predicted octanol–water partition coefficient (Wildman–Crippen LogP) is 2.10. The van der Waals surface area contributed by atoms with E-state index in [0.29, 0.717) is 34.3 Å². The van der Waals surface area contributed by atoms with Crippen LogP contribution in [0, 0.1) is 4.77 Å². The summed E-state index contributed by atoms with van der Waals surface area (Å²) in [6, 6.07) is 0. The number of aryl methyl sites for hydroxylation is 1. The summed E-state index contributed by atoms with van der Waals surface area (Å²) < 4.78 is 13.1. The molecule has 3 heterocycles. The second kappa shape index (κ2) is 5.04. The van der Waals surface area contributed by atoms with Gasteiger partial charge < -0.3 is 14.1 Å². The van der Waals surface area contributed by atoms with E-state index in [0.717, 1.165) is 12.2 Å². The third-order valence-corrected chi connectivity index (χ3v) is 3.28. The van der Waals surface area contributed by atoms with Crippen LogP contribution in [0.15, 0.2) is 16.9 Å². The Balaban J connectivity index is 2.07. The molecule has 0 aliphatic heterocycles. The molecule has 0 radical (unpaired) electrons. The standard InChI is InChI=1S/C12H13N5O2S/c1-3-7-4-13-8(19-7)5-17-10-9(16-12(17)20)11(18-2)15-6-14-10/h4,6H,3,5H2,1-2H3,(H,16,20). The molecule has 0 fully saturated rings. The summed E-state index contributed by atoms with van der Waals surface area (Å²) in [4.78, 5) is 15.6. The second-order valence-corrected chi connectivity index (χ2v) is 4.56. The average Bonchev–Trinajstić information content (AvgIpc) is 3.04. The zero-order valence-electron chi connectivity index (χ0n) is 11.1. The highest BCUT2D eigenvalue weighted by molar-refractivity contribution is 7.71. The fourth-order valence-electron chi connectivity index (χ4n) is 1.97. The van der Waals surface area contributed by atoms with Crippen LogP contribution in [-0.2, 0) is 13.0 Å². The van der Waals surface area contributed by atoms with Gasteiger partial charge in [0.2, 0.25) is 11.8 Å². The average molecular weight is 291 g/mol. The molecule has 1 N–H and O–H groups in total. The quantitative estimate of drug-likeness (QED) is 0.741. The minimum absolute atomic E-state index is 0.416. The summed E-state index contributed by atoms with van der Waals surface area (Å²) in [5.41, 5.74) is 1.33. The number of fused-ring (bicyclic) bond motifs is 1. The number of hydrogen-bond acceptors (Lipinski definition) is 6. The summed E-state index contributed by atoms with van der Waals surface area (Å²) in [5, 5.41) is 0. The molecule has 0 aliphatic rings. The Hall–Kier alpha value is -2.22. The Bertz CT molecular complexity index is 804. The normalized spacial score (nSPS) is 11.1. The van der Waals surface area contributed by atoms with Crippen LogP contribution < -0.4 is 4.74 Å². The van der Waals surface area contributed by atoms with Crippen molar-refractivity contribution in [3.05, 3.63) is 28.9 Å². The number of H-pyrrole nitrogens is 1. The van der Waals surface area contributed by atoms with Crippen molar-refractivity contribution >= 4 is 23.4 Å². The molecular formula is C12H13N5O2S. The number of methoxy groups -OCH3 is 1. The van der Waals surface area contributed by atoms with E-state index in [4.69, 9.17) is 21.4 Å². The zero-order chi connectivity index (χ0) is 14.1. The molecular weight excluding hydrogens is 278 g/mol. The highest BCUT2D eigenvalue weighted by atomic mass is 32.1. The molecule has 0 spiro atoms. The number of nitrogens with zero attached hydrogens (tertiary/aromatic N) is 4. The molecule has 7 nitrogen and oxygen atoms in total. The minimum atomic E-state index is 0.416. The van der Waals surface area contributed by atoms with Crippen molar-refractivity contribution in [3.8, 4) is 5.88 Å². The van der Waals surface area contributed by atoms with Crippen molar-refractivity contribution in [1.82, 2.24) is 24.5 Å². The SMILES string of the molecule is CCc1cnc(Cn2c(=S)[nH]c3c(OC)ncnc32)o1. The van der Waals surface area contributed by atoms with Crippen LogP contribution in [0.2, 0.25) is 0 Å². The number of oxazole rings is 1. The predicted molar refractivity (Wildman–Crippen MR) is 74.2 cm³/mol. The van der Waals surface area contributed by atoms with E-state index in [1.54, 1.807) is 17.9 Å². The van der Waals surface area contributed by atoms with Crippen molar-refractivity contribution in [2.75, 3.05) is 7.11 Å². The molecule has 0 atom stereocenters. The van der Waals surface area contributed by atoms with Crippen LogP contribution in [0.4, 0.5) is 0 Å². The lowest BCUT2D eigenvalue weighted by molar-refractivity contribution is 0.401. The fraction of sp³-hybridized carbons (Fsp3) is 0.333. The molecule has 3 aromatic rings. The van der Waals surface area contributed by atoms with E-state index < -0.39 is 0 Å². The third kappa shape index (κ3) is 2.07. The van der Waals surface area contributed by atoms with Crippen molar-refractivity contribution in [2.45, 2.75) is 19.9 Å². The number of imidazole rings is 1. The topological polar surface area (TPSA) is 81.8 Å². The van der Waals surface area contributed by atoms with E-state index in [9.17, 15) is 0 Å². The Morgan fingerprint density at radius 2 is 2.25 bits per heavy atom. The summed E-state index contributed by atoms with van der Waals surface area (Å²) in [5.74, 6) is 1.90. The summed E-state index contributed by atoms with van der Waals surface area (Å²) >= 11 is 5.31. The number of aromatic nitrogens is 5.